The number of fused-ring (bicyclic) bond motifs is 1. The Hall–Kier alpha value is -1.09. The smallest absolute Gasteiger partial charge is 0.0671 e. The molecule has 0 atom stereocenters. The molecule has 1 aliphatic heterocycles. The summed E-state index contributed by atoms with van der Waals surface area (Å²) in [4.78, 5) is 0. The number of hydrogen-bond donors (Lipinski definition) is 2. The molecule has 0 saturated carbocycles. The van der Waals surface area contributed by atoms with Crippen LogP contribution in [0.4, 0.5) is 0 Å². The number of nitrogens with two attached hydrogens (primary N) is 1. The summed E-state index contributed by atoms with van der Waals surface area (Å²) < 4.78 is 0. The first-order valence-electron chi connectivity index (χ1n) is 5.69. The normalized spacial score (nSPS) is 17.3. The third-order valence-corrected chi connectivity index (χ3v) is 3.52. The van der Waals surface area contributed by atoms with E-state index in [9.17, 15) is 0 Å². The van der Waals surface area contributed by atoms with Crippen molar-refractivity contribution in [3.05, 3.63) is 47.5 Å². The molecule has 1 fully saturated rings. The lowest BCUT2D eigenvalue weighted by molar-refractivity contribution is 0.288. The maximum atomic E-state index is 6.43. The van der Waals surface area contributed by atoms with Gasteiger partial charge in [0.2, 0.25) is 0 Å². The molecule has 2 nitrogen and oxygen atoms in total. The Morgan fingerprint density at radius 1 is 1.12 bits per heavy atom. The lowest BCUT2D eigenvalue weighted by Crippen LogP contribution is -2.63. The second-order valence-electron chi connectivity index (χ2n) is 4.74. The van der Waals surface area contributed by atoms with Gasteiger partial charge in [0, 0.05) is 13.1 Å². The second-order valence-corrected chi connectivity index (χ2v) is 4.74. The van der Waals surface area contributed by atoms with Gasteiger partial charge in [-0.1, -0.05) is 36.4 Å². The molecular weight excluding hydrogens is 232 g/mol. The van der Waals surface area contributed by atoms with Crippen molar-refractivity contribution in [3.8, 4) is 0 Å². The number of nitrogens with one attached hydrogen (secondary N) is 1. The second kappa shape index (κ2) is 4.30. The highest BCUT2D eigenvalue weighted by atomic mass is 35.5. The lowest BCUT2D eigenvalue weighted by atomic mass is 9.80. The van der Waals surface area contributed by atoms with E-state index in [0.717, 1.165) is 13.1 Å². The molecule has 1 saturated heterocycles. The monoisotopic (exact) mass is 248 g/mol. The Morgan fingerprint density at radius 2 is 1.82 bits per heavy atom. The quantitative estimate of drug-likeness (QED) is 0.813. The van der Waals surface area contributed by atoms with Crippen molar-refractivity contribution >= 4 is 23.2 Å². The zero-order valence-corrected chi connectivity index (χ0v) is 10.7. The highest BCUT2D eigenvalue weighted by Gasteiger charge is 2.36. The zero-order valence-electron chi connectivity index (χ0n) is 9.86. The molecule has 0 spiro atoms. The fraction of sp³-hybridized carbons (Fsp3) is 0.286. The molecule has 0 bridgehead atoms. The summed E-state index contributed by atoms with van der Waals surface area (Å²) >= 11 is 0. The van der Waals surface area contributed by atoms with E-state index in [0.29, 0.717) is 0 Å². The van der Waals surface area contributed by atoms with Crippen LogP contribution in [0, 0.1) is 6.92 Å². The molecule has 0 radical (unpaired) electrons. The molecule has 0 aliphatic carbocycles. The van der Waals surface area contributed by atoms with Gasteiger partial charge < -0.3 is 11.1 Å². The fourth-order valence-corrected chi connectivity index (χ4v) is 2.61. The Morgan fingerprint density at radius 3 is 2.47 bits per heavy atom. The third-order valence-electron chi connectivity index (χ3n) is 3.52. The van der Waals surface area contributed by atoms with Gasteiger partial charge in [0.15, 0.2) is 0 Å². The SMILES string of the molecule is Cc1ccc2ccccc2c1C1(N)CNC1.Cl. The van der Waals surface area contributed by atoms with Gasteiger partial charge in [0.25, 0.3) is 0 Å². The zero-order chi connectivity index (χ0) is 11.2. The minimum absolute atomic E-state index is 0. The van der Waals surface area contributed by atoms with Crippen molar-refractivity contribution < 1.29 is 0 Å². The summed E-state index contributed by atoms with van der Waals surface area (Å²) in [6.45, 7) is 3.90. The number of aryl methyl sites for hydroxylation is 1. The summed E-state index contributed by atoms with van der Waals surface area (Å²) in [5, 5.41) is 5.84. The lowest BCUT2D eigenvalue weighted by Gasteiger charge is -2.41. The van der Waals surface area contributed by atoms with Crippen molar-refractivity contribution in [2.45, 2.75) is 12.5 Å². The van der Waals surface area contributed by atoms with Crippen LogP contribution in [0.5, 0.6) is 0 Å². The summed E-state index contributed by atoms with van der Waals surface area (Å²) in [5.74, 6) is 0. The summed E-state index contributed by atoms with van der Waals surface area (Å²) in [5.41, 5.74) is 8.86. The van der Waals surface area contributed by atoms with E-state index in [1.807, 2.05) is 0 Å². The van der Waals surface area contributed by atoms with Crippen LogP contribution in [0.2, 0.25) is 0 Å². The van der Waals surface area contributed by atoms with E-state index in [1.54, 1.807) is 0 Å². The molecule has 1 aliphatic rings. The highest BCUT2D eigenvalue weighted by Crippen LogP contribution is 2.32. The van der Waals surface area contributed by atoms with Gasteiger partial charge in [-0.15, -0.1) is 12.4 Å². The van der Waals surface area contributed by atoms with Crippen molar-refractivity contribution in [2.75, 3.05) is 13.1 Å². The molecule has 0 unspecified atom stereocenters. The first-order chi connectivity index (χ1) is 7.71. The van der Waals surface area contributed by atoms with Gasteiger partial charge >= 0.3 is 0 Å². The van der Waals surface area contributed by atoms with Crippen LogP contribution in [-0.2, 0) is 5.54 Å². The van der Waals surface area contributed by atoms with E-state index in [1.165, 1.54) is 21.9 Å². The van der Waals surface area contributed by atoms with Crippen LogP contribution >= 0.6 is 12.4 Å². The van der Waals surface area contributed by atoms with Gasteiger partial charge in [-0.2, -0.15) is 0 Å². The summed E-state index contributed by atoms with van der Waals surface area (Å²) in [6.07, 6.45) is 0. The Labute approximate surface area is 108 Å². The maximum absolute atomic E-state index is 6.43. The first kappa shape index (κ1) is 12.4. The molecule has 1 heterocycles. The molecule has 3 heteroatoms. The van der Waals surface area contributed by atoms with E-state index < -0.39 is 0 Å². The van der Waals surface area contributed by atoms with Gasteiger partial charge in [0.1, 0.15) is 0 Å². The predicted molar refractivity (Wildman–Crippen MR) is 74.7 cm³/mol. The summed E-state index contributed by atoms with van der Waals surface area (Å²) in [6, 6.07) is 12.8. The van der Waals surface area contributed by atoms with Crippen LogP contribution < -0.4 is 11.1 Å². The number of hydrogen-bond acceptors (Lipinski definition) is 2. The average molecular weight is 249 g/mol. The van der Waals surface area contributed by atoms with E-state index >= 15 is 0 Å². The average Bonchev–Trinajstić information content (AvgIpc) is 2.26. The fourth-order valence-electron chi connectivity index (χ4n) is 2.61. The molecule has 90 valence electrons. The van der Waals surface area contributed by atoms with Crippen LogP contribution in [0.25, 0.3) is 10.8 Å². The topological polar surface area (TPSA) is 38.0 Å². The Kier molecular flexibility index (Phi) is 3.13. The van der Waals surface area contributed by atoms with Crippen LogP contribution in [-0.4, -0.2) is 13.1 Å². The number of rotatable bonds is 1. The Balaban J connectivity index is 0.00000108. The molecular formula is C14H17ClN2. The minimum Gasteiger partial charge on any atom is -0.319 e. The van der Waals surface area contributed by atoms with E-state index in [2.05, 4.69) is 48.6 Å². The van der Waals surface area contributed by atoms with Crippen molar-refractivity contribution in [3.63, 3.8) is 0 Å². The molecule has 0 aromatic heterocycles. The molecule has 17 heavy (non-hydrogen) atoms. The molecule has 2 aromatic carbocycles. The first-order valence-corrected chi connectivity index (χ1v) is 5.69. The summed E-state index contributed by atoms with van der Waals surface area (Å²) in [7, 11) is 0. The van der Waals surface area contributed by atoms with Crippen molar-refractivity contribution in [2.24, 2.45) is 5.73 Å². The molecule has 3 rings (SSSR count). The van der Waals surface area contributed by atoms with Crippen molar-refractivity contribution in [1.82, 2.24) is 5.32 Å². The molecule has 2 aromatic rings. The molecule has 0 amide bonds. The maximum Gasteiger partial charge on any atom is 0.0671 e. The van der Waals surface area contributed by atoms with E-state index in [4.69, 9.17) is 5.73 Å². The number of benzene rings is 2. The van der Waals surface area contributed by atoms with Gasteiger partial charge in [0.05, 0.1) is 5.54 Å². The Bertz CT molecular complexity index is 547. The standard InChI is InChI=1S/C14H16N2.ClH/c1-10-6-7-11-4-2-3-5-12(11)13(10)14(15)8-16-9-14;/h2-7,16H,8-9,15H2,1H3;1H. The van der Waals surface area contributed by atoms with Gasteiger partial charge in [-0.25, -0.2) is 0 Å². The van der Waals surface area contributed by atoms with Crippen LogP contribution in [0.1, 0.15) is 11.1 Å². The largest absolute Gasteiger partial charge is 0.319 e. The van der Waals surface area contributed by atoms with Crippen LogP contribution in [0.3, 0.4) is 0 Å². The number of halogens is 1. The van der Waals surface area contributed by atoms with Gasteiger partial charge in [-0.3, -0.25) is 0 Å². The minimum atomic E-state index is -0.176. The van der Waals surface area contributed by atoms with Gasteiger partial charge in [-0.05, 0) is 28.8 Å². The van der Waals surface area contributed by atoms with Crippen LogP contribution in [0.15, 0.2) is 36.4 Å². The van der Waals surface area contributed by atoms with E-state index in [-0.39, 0.29) is 17.9 Å². The van der Waals surface area contributed by atoms with Crippen molar-refractivity contribution in [1.29, 1.82) is 0 Å². The third kappa shape index (κ3) is 1.82. The predicted octanol–water partition coefficient (Wildman–Crippen LogP) is 2.33. The highest BCUT2D eigenvalue weighted by molar-refractivity contribution is 5.88. The molecule has 3 N–H and O–H groups in total.